The number of rotatable bonds is 5. The second-order valence-corrected chi connectivity index (χ2v) is 5.35. The highest BCUT2D eigenvalue weighted by Gasteiger charge is 2.05. The summed E-state index contributed by atoms with van der Waals surface area (Å²) in [6.07, 6.45) is 0.727. The van der Waals surface area contributed by atoms with Gasteiger partial charge in [0, 0.05) is 11.8 Å². The zero-order chi connectivity index (χ0) is 13.8. The summed E-state index contributed by atoms with van der Waals surface area (Å²) in [4.78, 5) is 4.27. The van der Waals surface area contributed by atoms with Crippen molar-refractivity contribution in [3.05, 3.63) is 45.4 Å². The topological polar surface area (TPSA) is 72.0 Å². The summed E-state index contributed by atoms with van der Waals surface area (Å²) in [7, 11) is 0. The summed E-state index contributed by atoms with van der Waals surface area (Å²) in [6, 6.07) is 6.14. The van der Waals surface area contributed by atoms with Crippen LogP contribution in [0.2, 0.25) is 0 Å². The Morgan fingerprint density at radius 2 is 2.21 bits per heavy atom. The van der Waals surface area contributed by atoms with Gasteiger partial charge in [-0.05, 0) is 25.5 Å². The Kier molecular flexibility index (Phi) is 4.16. The number of nitrogen functional groups attached to an aromatic ring is 1. The first kappa shape index (κ1) is 13.5. The van der Waals surface area contributed by atoms with Gasteiger partial charge in [-0.1, -0.05) is 17.7 Å². The highest BCUT2D eigenvalue weighted by molar-refractivity contribution is 7.09. The van der Waals surface area contributed by atoms with E-state index in [1.54, 1.807) is 5.38 Å². The molecule has 1 aromatic carbocycles. The molecule has 0 aliphatic carbocycles. The van der Waals surface area contributed by atoms with Crippen molar-refractivity contribution < 1.29 is 4.74 Å². The quantitative estimate of drug-likeness (QED) is 0.651. The van der Waals surface area contributed by atoms with Gasteiger partial charge in [-0.3, -0.25) is 5.41 Å². The molecule has 0 aliphatic heterocycles. The Bertz CT molecular complexity index is 592. The maximum Gasteiger partial charge on any atom is 0.142 e. The molecule has 2 rings (SSSR count). The van der Waals surface area contributed by atoms with Crippen molar-refractivity contribution in [3.8, 4) is 5.75 Å². The number of hydrogen-bond donors (Lipinski definition) is 2. The molecule has 1 heterocycles. The first-order valence-electron chi connectivity index (χ1n) is 6.05. The minimum absolute atomic E-state index is 0.0118. The van der Waals surface area contributed by atoms with Crippen molar-refractivity contribution >= 4 is 17.2 Å². The molecule has 0 aliphatic rings. The number of hydrogen-bond acceptors (Lipinski definition) is 4. The fourth-order valence-electron chi connectivity index (χ4n) is 1.76. The van der Waals surface area contributed by atoms with Crippen molar-refractivity contribution in [2.45, 2.75) is 20.3 Å². The minimum Gasteiger partial charge on any atom is -0.493 e. The average Bonchev–Trinajstić information content (AvgIpc) is 2.81. The first-order chi connectivity index (χ1) is 9.06. The van der Waals surface area contributed by atoms with Gasteiger partial charge in [-0.15, -0.1) is 11.3 Å². The molecule has 0 spiro atoms. The van der Waals surface area contributed by atoms with Gasteiger partial charge < -0.3 is 10.5 Å². The SMILES string of the molecule is Cc1ccc(OCCc2nc(C(=N)N)cs2)c(C)c1. The fraction of sp³-hybridized carbons (Fsp3) is 0.286. The Hall–Kier alpha value is -1.88. The second kappa shape index (κ2) is 5.84. The number of aryl methyl sites for hydroxylation is 2. The van der Waals surface area contributed by atoms with Crippen LogP contribution in [0, 0.1) is 19.3 Å². The van der Waals surface area contributed by atoms with E-state index in [0.717, 1.165) is 22.7 Å². The molecule has 0 unspecified atom stereocenters. The van der Waals surface area contributed by atoms with Crippen LogP contribution in [0.4, 0.5) is 0 Å². The maximum absolute atomic E-state index is 7.30. The zero-order valence-corrected chi connectivity index (χ0v) is 11.9. The van der Waals surface area contributed by atoms with Gasteiger partial charge >= 0.3 is 0 Å². The summed E-state index contributed by atoms with van der Waals surface area (Å²) in [5.74, 6) is 0.923. The molecular weight excluding hydrogens is 258 g/mol. The molecule has 19 heavy (non-hydrogen) atoms. The molecule has 0 saturated carbocycles. The van der Waals surface area contributed by atoms with E-state index in [9.17, 15) is 0 Å². The van der Waals surface area contributed by atoms with Crippen LogP contribution in [0.5, 0.6) is 5.75 Å². The van der Waals surface area contributed by atoms with Gasteiger partial charge in [0.05, 0.1) is 11.6 Å². The lowest BCUT2D eigenvalue weighted by Crippen LogP contribution is -2.11. The maximum atomic E-state index is 7.30. The molecular formula is C14H17N3OS. The summed E-state index contributed by atoms with van der Waals surface area (Å²) >= 11 is 1.51. The molecule has 2 aromatic rings. The van der Waals surface area contributed by atoms with Crippen LogP contribution in [0.15, 0.2) is 23.6 Å². The third kappa shape index (κ3) is 3.54. The molecule has 1 aromatic heterocycles. The monoisotopic (exact) mass is 275 g/mol. The van der Waals surface area contributed by atoms with Crippen LogP contribution >= 0.6 is 11.3 Å². The van der Waals surface area contributed by atoms with Crippen LogP contribution in [0.25, 0.3) is 0 Å². The van der Waals surface area contributed by atoms with Crippen LogP contribution in [0.1, 0.15) is 21.8 Å². The van der Waals surface area contributed by atoms with E-state index in [1.807, 2.05) is 19.1 Å². The number of nitrogens with zero attached hydrogens (tertiary/aromatic N) is 1. The lowest BCUT2D eigenvalue weighted by Gasteiger charge is -2.08. The van der Waals surface area contributed by atoms with Crippen LogP contribution in [-0.4, -0.2) is 17.4 Å². The van der Waals surface area contributed by atoms with Crippen molar-refractivity contribution in [2.24, 2.45) is 5.73 Å². The van der Waals surface area contributed by atoms with E-state index in [-0.39, 0.29) is 5.84 Å². The van der Waals surface area contributed by atoms with Gasteiger partial charge in [-0.25, -0.2) is 4.98 Å². The predicted octanol–water partition coefficient (Wildman–Crippen LogP) is 2.67. The predicted molar refractivity (Wildman–Crippen MR) is 78.2 cm³/mol. The first-order valence-corrected chi connectivity index (χ1v) is 6.93. The molecule has 0 atom stereocenters. The Morgan fingerprint density at radius 1 is 1.42 bits per heavy atom. The molecule has 4 nitrogen and oxygen atoms in total. The number of benzene rings is 1. The number of nitrogens with one attached hydrogen (secondary N) is 1. The molecule has 100 valence electrons. The van der Waals surface area contributed by atoms with Crippen LogP contribution < -0.4 is 10.5 Å². The highest BCUT2D eigenvalue weighted by Crippen LogP contribution is 2.19. The summed E-state index contributed by atoms with van der Waals surface area (Å²) < 4.78 is 5.75. The van der Waals surface area contributed by atoms with Gasteiger partial charge in [0.1, 0.15) is 17.3 Å². The summed E-state index contributed by atoms with van der Waals surface area (Å²) in [5.41, 5.74) is 8.30. The van der Waals surface area contributed by atoms with Gasteiger partial charge in [-0.2, -0.15) is 0 Å². The third-order valence-corrected chi connectivity index (χ3v) is 3.64. The van der Waals surface area contributed by atoms with E-state index < -0.39 is 0 Å². The van der Waals surface area contributed by atoms with Crippen molar-refractivity contribution in [2.75, 3.05) is 6.61 Å². The van der Waals surface area contributed by atoms with E-state index in [0.29, 0.717) is 12.3 Å². The largest absolute Gasteiger partial charge is 0.493 e. The molecule has 0 amide bonds. The van der Waals surface area contributed by atoms with Crippen molar-refractivity contribution in [1.82, 2.24) is 4.98 Å². The molecule has 0 fully saturated rings. The molecule has 0 saturated heterocycles. The number of nitrogens with two attached hydrogens (primary N) is 1. The summed E-state index contributed by atoms with van der Waals surface area (Å²) in [6.45, 7) is 4.68. The standard InChI is InChI=1S/C14H17N3OS/c1-9-3-4-12(10(2)7-9)18-6-5-13-17-11(8-19-13)14(15)16/h3-4,7-8H,5-6H2,1-2H3,(H3,15,16). The number of thiazole rings is 1. The third-order valence-electron chi connectivity index (χ3n) is 2.73. The van der Waals surface area contributed by atoms with Crippen molar-refractivity contribution in [3.63, 3.8) is 0 Å². The minimum atomic E-state index is 0.0118. The average molecular weight is 275 g/mol. The van der Waals surface area contributed by atoms with E-state index in [2.05, 4.69) is 18.0 Å². The smallest absolute Gasteiger partial charge is 0.142 e. The van der Waals surface area contributed by atoms with Gasteiger partial charge in [0.2, 0.25) is 0 Å². The number of amidine groups is 1. The molecule has 5 heteroatoms. The van der Waals surface area contributed by atoms with E-state index >= 15 is 0 Å². The fourth-order valence-corrected chi connectivity index (χ4v) is 2.54. The Balaban J connectivity index is 1.90. The normalized spacial score (nSPS) is 10.4. The van der Waals surface area contributed by atoms with Crippen molar-refractivity contribution in [1.29, 1.82) is 5.41 Å². The lowest BCUT2D eigenvalue weighted by molar-refractivity contribution is 0.319. The molecule has 3 N–H and O–H groups in total. The lowest BCUT2D eigenvalue weighted by atomic mass is 10.1. The van der Waals surface area contributed by atoms with Gasteiger partial charge in [0.25, 0.3) is 0 Å². The second-order valence-electron chi connectivity index (χ2n) is 4.41. The van der Waals surface area contributed by atoms with Gasteiger partial charge in [0.15, 0.2) is 0 Å². The summed E-state index contributed by atoms with van der Waals surface area (Å²) in [5, 5.41) is 10.0. The number of aromatic nitrogens is 1. The Labute approximate surface area is 116 Å². The van der Waals surface area contributed by atoms with E-state index in [1.165, 1.54) is 16.9 Å². The van der Waals surface area contributed by atoms with Crippen LogP contribution in [-0.2, 0) is 6.42 Å². The molecule has 0 bridgehead atoms. The van der Waals surface area contributed by atoms with Crippen LogP contribution in [0.3, 0.4) is 0 Å². The highest BCUT2D eigenvalue weighted by atomic mass is 32.1. The zero-order valence-electron chi connectivity index (χ0n) is 11.1. The van der Waals surface area contributed by atoms with E-state index in [4.69, 9.17) is 15.9 Å². The molecule has 0 radical (unpaired) electrons. The number of ether oxygens (including phenoxy) is 1. The Morgan fingerprint density at radius 3 is 2.84 bits per heavy atom.